The van der Waals surface area contributed by atoms with Crippen LogP contribution in [0.2, 0.25) is 0 Å². The third kappa shape index (κ3) is 5.92. The zero-order chi connectivity index (χ0) is 33.5. The van der Waals surface area contributed by atoms with Crippen LogP contribution in [0.5, 0.6) is 0 Å². The van der Waals surface area contributed by atoms with Gasteiger partial charge in [0.2, 0.25) is 0 Å². The second-order valence-electron chi connectivity index (χ2n) is 12.7. The molecule has 2 fully saturated rings. The molecule has 1 N–H and O–H groups in total. The molecule has 2 amide bonds. The van der Waals surface area contributed by atoms with Crippen LogP contribution < -0.4 is 4.90 Å². The number of carbonyl (C=O) groups is 4. The molecule has 12 heteroatoms. The highest BCUT2D eigenvalue weighted by molar-refractivity contribution is 6.07. The van der Waals surface area contributed by atoms with Gasteiger partial charge in [0.05, 0.1) is 19.6 Å². The number of aromatic nitrogens is 1. The van der Waals surface area contributed by atoms with Crippen molar-refractivity contribution in [3.8, 4) is 0 Å². The molecule has 0 saturated carbocycles. The number of cyclic esters (lactones) is 4. The number of rotatable bonds is 7. The van der Waals surface area contributed by atoms with Crippen molar-refractivity contribution in [3.63, 3.8) is 0 Å². The van der Waals surface area contributed by atoms with Gasteiger partial charge in [-0.2, -0.15) is 0 Å². The van der Waals surface area contributed by atoms with Gasteiger partial charge >= 0.3 is 12.3 Å². The smallest absolute Gasteiger partial charge is 0.430 e. The van der Waals surface area contributed by atoms with Crippen LogP contribution in [-0.2, 0) is 32.0 Å². The van der Waals surface area contributed by atoms with E-state index in [1.165, 1.54) is 28.9 Å². The van der Waals surface area contributed by atoms with Crippen molar-refractivity contribution < 1.29 is 43.2 Å². The number of fused-ring (bicyclic) bond motifs is 2. The van der Waals surface area contributed by atoms with E-state index in [1.807, 2.05) is 47.0 Å². The topological polar surface area (TPSA) is 137 Å². The molecule has 250 valence electrons. The second-order valence-corrected chi connectivity index (χ2v) is 12.7. The van der Waals surface area contributed by atoms with Crippen LogP contribution in [0.4, 0.5) is 15.3 Å². The van der Waals surface area contributed by atoms with Gasteiger partial charge in [0.15, 0.2) is 18.3 Å². The normalized spacial score (nSPS) is 22.3. The summed E-state index contributed by atoms with van der Waals surface area (Å²) in [6.45, 7) is 2.37. The van der Waals surface area contributed by atoms with E-state index in [4.69, 9.17) is 18.9 Å². The molecule has 3 aliphatic heterocycles. The molecule has 4 heterocycles. The van der Waals surface area contributed by atoms with Crippen molar-refractivity contribution in [2.75, 3.05) is 25.1 Å². The van der Waals surface area contributed by atoms with Gasteiger partial charge in [-0.1, -0.05) is 30.3 Å². The van der Waals surface area contributed by atoms with Crippen LogP contribution in [0.15, 0.2) is 60.7 Å². The van der Waals surface area contributed by atoms with Gasteiger partial charge in [-0.15, -0.1) is 0 Å². The van der Waals surface area contributed by atoms with E-state index in [0.29, 0.717) is 17.8 Å². The maximum Gasteiger partial charge on any atom is 0.509 e. The van der Waals surface area contributed by atoms with E-state index in [9.17, 15) is 24.3 Å². The van der Waals surface area contributed by atoms with E-state index in [1.54, 1.807) is 18.0 Å². The molecule has 2 aromatic carbocycles. The van der Waals surface area contributed by atoms with Crippen LogP contribution >= 0.6 is 0 Å². The predicted molar refractivity (Wildman–Crippen MR) is 172 cm³/mol. The minimum atomic E-state index is -1.41. The van der Waals surface area contributed by atoms with Gasteiger partial charge in [-0.05, 0) is 85.2 Å². The Morgan fingerprint density at radius 3 is 2.58 bits per heavy atom. The number of likely N-dealkylation sites (N-methyl/N-ethyl adjacent to an activating group) is 1. The Bertz CT molecular complexity index is 1810. The number of nitrogens with zero attached hydrogens (tertiary/aromatic N) is 3. The number of para-hydroxylation sites is 1. The van der Waals surface area contributed by atoms with E-state index in [-0.39, 0.29) is 31.5 Å². The molecule has 4 aliphatic rings. The van der Waals surface area contributed by atoms with Gasteiger partial charge in [0.25, 0.3) is 11.8 Å². The number of aryl methyl sites for hydroxylation is 1. The molecule has 12 nitrogen and oxygen atoms in total. The molecule has 0 bridgehead atoms. The minimum Gasteiger partial charge on any atom is -0.430 e. The van der Waals surface area contributed by atoms with Crippen LogP contribution in [0, 0.1) is 6.92 Å². The second kappa shape index (κ2) is 12.8. The van der Waals surface area contributed by atoms with Crippen molar-refractivity contribution in [2.24, 2.45) is 0 Å². The number of aliphatic hydroxyl groups excluding tert-OH is 1. The zero-order valence-electron chi connectivity index (χ0n) is 26.8. The fraction of sp³-hybridized carbons (Fsp3) is 0.389. The summed E-state index contributed by atoms with van der Waals surface area (Å²) in [5.41, 5.74) is 7.04. The number of aliphatic hydroxyl groups is 1. The number of anilines is 1. The minimum absolute atomic E-state index is 0.0955. The Morgan fingerprint density at radius 1 is 1.00 bits per heavy atom. The fourth-order valence-corrected chi connectivity index (χ4v) is 7.03. The number of amides is 2. The van der Waals surface area contributed by atoms with Crippen LogP contribution in [-0.4, -0.2) is 83.3 Å². The summed E-state index contributed by atoms with van der Waals surface area (Å²) in [7, 11) is 1.56. The quantitative estimate of drug-likeness (QED) is 0.355. The molecule has 0 spiro atoms. The van der Waals surface area contributed by atoms with E-state index in [0.717, 1.165) is 35.3 Å². The lowest BCUT2D eigenvalue weighted by Crippen LogP contribution is -2.48. The first-order valence-corrected chi connectivity index (χ1v) is 16.2. The van der Waals surface area contributed by atoms with Gasteiger partial charge in [-0.3, -0.25) is 9.59 Å². The molecule has 7 rings (SSSR count). The largest absolute Gasteiger partial charge is 0.509 e. The number of benzene rings is 2. The Kier molecular flexibility index (Phi) is 8.42. The summed E-state index contributed by atoms with van der Waals surface area (Å²) in [5.74, 6) is -0.478. The lowest BCUT2D eigenvalue weighted by atomic mass is 9.90. The molecule has 4 atom stereocenters. The lowest BCUT2D eigenvalue weighted by molar-refractivity contribution is -0.0526. The molecule has 3 aromatic rings. The SMILES string of the molecule is Cc1cc(C(=O)N2Cc3ccc(C(=O)N(C)C[C@@H]4OC(=O)O[C@H]4[C@H](O)[C@H]4COC(=O)O4)n3Cc3ccccc32)ccc1C1=CCCCC1. The highest BCUT2D eigenvalue weighted by Crippen LogP contribution is 2.33. The Balaban J connectivity index is 1.11. The number of carbonyl (C=O) groups excluding carboxylic acids is 4. The van der Waals surface area contributed by atoms with Crippen molar-refractivity contribution in [3.05, 3.63) is 94.3 Å². The number of hydrogen-bond donors (Lipinski definition) is 1. The highest BCUT2D eigenvalue weighted by Gasteiger charge is 2.48. The number of hydrogen-bond acceptors (Lipinski definition) is 9. The average molecular weight is 656 g/mol. The van der Waals surface area contributed by atoms with Crippen molar-refractivity contribution >= 4 is 35.4 Å². The molecular formula is C36H37N3O9. The third-order valence-electron chi connectivity index (χ3n) is 9.55. The molecule has 0 radical (unpaired) electrons. The van der Waals surface area contributed by atoms with Gasteiger partial charge in [0.1, 0.15) is 18.4 Å². The zero-order valence-corrected chi connectivity index (χ0v) is 26.8. The third-order valence-corrected chi connectivity index (χ3v) is 9.55. The van der Waals surface area contributed by atoms with E-state index >= 15 is 0 Å². The highest BCUT2D eigenvalue weighted by atomic mass is 16.8. The molecule has 48 heavy (non-hydrogen) atoms. The molecule has 0 unspecified atom stereocenters. The first-order valence-electron chi connectivity index (χ1n) is 16.2. The van der Waals surface area contributed by atoms with Gasteiger partial charge < -0.3 is 38.4 Å². The molecule has 2 saturated heterocycles. The summed E-state index contributed by atoms with van der Waals surface area (Å²) in [6.07, 6.45) is 0.266. The molecule has 1 aromatic heterocycles. The standard InChI is InChI=1S/C36H37N3O9/c1-21-16-23(12-14-26(21)22-8-4-3-5-9-22)33(41)39-18-25-13-15-28(38(25)17-24-10-6-7-11-27(24)39)34(42)37(2)19-29-32(48-36(44)46-29)31(40)30-20-45-35(43)47-30/h6-8,10-16,29-32,40H,3-5,9,17-20H2,1-2H3/t29-,30+,31+,32+/m0/s1. The Labute approximate surface area is 277 Å². The van der Waals surface area contributed by atoms with Crippen molar-refractivity contribution in [1.29, 1.82) is 0 Å². The monoisotopic (exact) mass is 655 g/mol. The molecule has 1 aliphatic carbocycles. The fourth-order valence-electron chi connectivity index (χ4n) is 7.03. The van der Waals surface area contributed by atoms with Gasteiger partial charge in [-0.25, -0.2) is 9.59 Å². The van der Waals surface area contributed by atoms with Crippen LogP contribution in [0.1, 0.15) is 68.9 Å². The molecular weight excluding hydrogens is 618 g/mol. The van der Waals surface area contributed by atoms with Crippen molar-refractivity contribution in [1.82, 2.24) is 9.47 Å². The van der Waals surface area contributed by atoms with Gasteiger partial charge in [0, 0.05) is 24.0 Å². The summed E-state index contributed by atoms with van der Waals surface area (Å²) >= 11 is 0. The number of allylic oxidation sites excluding steroid dienone is 2. The van der Waals surface area contributed by atoms with Crippen LogP contribution in [0.25, 0.3) is 5.57 Å². The van der Waals surface area contributed by atoms with Crippen LogP contribution in [0.3, 0.4) is 0 Å². The average Bonchev–Trinajstić information content (AvgIpc) is 3.78. The number of ether oxygens (including phenoxy) is 4. The lowest BCUT2D eigenvalue weighted by Gasteiger charge is -2.26. The maximum absolute atomic E-state index is 14.2. The maximum atomic E-state index is 14.2. The Hall–Kier alpha value is -5.10. The van der Waals surface area contributed by atoms with Crippen molar-refractivity contribution in [2.45, 2.75) is 70.1 Å². The Morgan fingerprint density at radius 2 is 1.83 bits per heavy atom. The van der Waals surface area contributed by atoms with E-state index < -0.39 is 36.7 Å². The summed E-state index contributed by atoms with van der Waals surface area (Å²) in [4.78, 5) is 54.6. The summed E-state index contributed by atoms with van der Waals surface area (Å²) in [6, 6.07) is 17.2. The summed E-state index contributed by atoms with van der Waals surface area (Å²) in [5, 5.41) is 10.8. The van der Waals surface area contributed by atoms with E-state index in [2.05, 4.69) is 19.1 Å². The first kappa shape index (κ1) is 31.5. The summed E-state index contributed by atoms with van der Waals surface area (Å²) < 4.78 is 22.1. The first-order chi connectivity index (χ1) is 23.2. The predicted octanol–water partition coefficient (Wildman–Crippen LogP) is 4.83.